The van der Waals surface area contributed by atoms with Crippen LogP contribution >= 0.6 is 23.4 Å². The van der Waals surface area contributed by atoms with Gasteiger partial charge < -0.3 is 5.11 Å². The van der Waals surface area contributed by atoms with Crippen LogP contribution in [0.15, 0.2) is 23.1 Å². The first-order valence-corrected chi connectivity index (χ1v) is 5.60. The van der Waals surface area contributed by atoms with Gasteiger partial charge in [0, 0.05) is 17.1 Å². The lowest BCUT2D eigenvalue weighted by atomic mass is 10.2. The van der Waals surface area contributed by atoms with E-state index in [4.69, 9.17) is 23.1 Å². The third-order valence-corrected chi connectivity index (χ3v) is 3.01. The molecule has 0 aliphatic heterocycles. The highest BCUT2D eigenvalue weighted by Crippen LogP contribution is 2.24. The molecule has 0 aliphatic carbocycles. The van der Waals surface area contributed by atoms with Gasteiger partial charge in [-0.2, -0.15) is 0 Å². The minimum absolute atomic E-state index is 0.127. The molecule has 15 heavy (non-hydrogen) atoms. The molecule has 78 valence electrons. The lowest BCUT2D eigenvalue weighted by Gasteiger charge is -2.02. The van der Waals surface area contributed by atoms with Crippen molar-refractivity contribution in [3.05, 3.63) is 28.8 Å². The minimum atomic E-state index is -1.01. The van der Waals surface area contributed by atoms with Crippen molar-refractivity contribution in [2.75, 3.05) is 5.75 Å². The Morgan fingerprint density at radius 3 is 2.93 bits per heavy atom. The van der Waals surface area contributed by atoms with Crippen LogP contribution in [0, 0.1) is 12.3 Å². The van der Waals surface area contributed by atoms with E-state index in [-0.39, 0.29) is 10.6 Å². The summed E-state index contributed by atoms with van der Waals surface area (Å²) in [5.74, 6) is 2.28. The standard InChI is InChI=1S/C11H9ClO2S/c1-2-3-6-15-8-4-5-10(12)9(7-8)11(13)14/h1,4-5,7H,3,6H2,(H,13,14). The second kappa shape index (κ2) is 5.69. The van der Waals surface area contributed by atoms with Crippen molar-refractivity contribution in [2.24, 2.45) is 0 Å². The fraction of sp³-hybridized carbons (Fsp3) is 0.182. The Morgan fingerprint density at radius 1 is 1.60 bits per heavy atom. The molecule has 0 unspecified atom stereocenters. The molecule has 0 bridgehead atoms. The van der Waals surface area contributed by atoms with E-state index in [9.17, 15) is 4.79 Å². The van der Waals surface area contributed by atoms with E-state index in [0.29, 0.717) is 6.42 Å². The number of hydrogen-bond donors (Lipinski definition) is 1. The highest BCUT2D eigenvalue weighted by molar-refractivity contribution is 7.99. The first-order chi connectivity index (χ1) is 7.15. The maximum Gasteiger partial charge on any atom is 0.337 e. The highest BCUT2D eigenvalue weighted by atomic mass is 35.5. The van der Waals surface area contributed by atoms with Crippen LogP contribution in [-0.2, 0) is 0 Å². The maximum absolute atomic E-state index is 10.8. The van der Waals surface area contributed by atoms with Crippen molar-refractivity contribution in [1.82, 2.24) is 0 Å². The molecule has 0 saturated carbocycles. The van der Waals surface area contributed by atoms with Gasteiger partial charge in [0.25, 0.3) is 0 Å². The van der Waals surface area contributed by atoms with Crippen LogP contribution in [0.1, 0.15) is 16.8 Å². The van der Waals surface area contributed by atoms with Gasteiger partial charge in [-0.1, -0.05) is 11.6 Å². The van der Waals surface area contributed by atoms with E-state index in [1.54, 1.807) is 18.2 Å². The number of hydrogen-bond acceptors (Lipinski definition) is 2. The molecule has 4 heteroatoms. The smallest absolute Gasteiger partial charge is 0.337 e. The fourth-order valence-corrected chi connectivity index (χ4v) is 2.01. The second-order valence-electron chi connectivity index (χ2n) is 2.75. The topological polar surface area (TPSA) is 37.3 Å². The van der Waals surface area contributed by atoms with Gasteiger partial charge in [0.1, 0.15) is 0 Å². The largest absolute Gasteiger partial charge is 0.478 e. The number of rotatable bonds is 4. The predicted octanol–water partition coefficient (Wildman–Crippen LogP) is 3.15. The SMILES string of the molecule is C#CCCSc1ccc(Cl)c(C(=O)O)c1. The number of carboxylic acids is 1. The number of carbonyl (C=O) groups is 1. The molecular formula is C11H9ClO2S. The average Bonchev–Trinajstić information content (AvgIpc) is 2.20. The van der Waals surface area contributed by atoms with Crippen LogP contribution in [0.3, 0.4) is 0 Å². The molecule has 0 aliphatic rings. The molecule has 1 aromatic carbocycles. The van der Waals surface area contributed by atoms with E-state index in [2.05, 4.69) is 5.92 Å². The Morgan fingerprint density at radius 2 is 2.33 bits per heavy atom. The zero-order chi connectivity index (χ0) is 11.3. The average molecular weight is 241 g/mol. The summed E-state index contributed by atoms with van der Waals surface area (Å²) < 4.78 is 0. The van der Waals surface area contributed by atoms with Gasteiger partial charge in [0.15, 0.2) is 0 Å². The first kappa shape index (κ1) is 12.0. The molecule has 2 nitrogen and oxygen atoms in total. The number of benzene rings is 1. The number of terminal acetylenes is 1. The van der Waals surface area contributed by atoms with E-state index in [0.717, 1.165) is 10.6 Å². The summed E-state index contributed by atoms with van der Waals surface area (Å²) in [6.45, 7) is 0. The van der Waals surface area contributed by atoms with Crippen LogP contribution in [0.25, 0.3) is 0 Å². The Labute approximate surface area is 97.6 Å². The van der Waals surface area contributed by atoms with Crippen molar-refractivity contribution in [3.8, 4) is 12.3 Å². The van der Waals surface area contributed by atoms with Crippen molar-refractivity contribution in [1.29, 1.82) is 0 Å². The monoisotopic (exact) mass is 240 g/mol. The van der Waals surface area contributed by atoms with Gasteiger partial charge in [-0.3, -0.25) is 0 Å². The summed E-state index contributed by atoms with van der Waals surface area (Å²) in [4.78, 5) is 11.6. The number of carboxylic acid groups (broad SMARTS) is 1. The van der Waals surface area contributed by atoms with E-state index < -0.39 is 5.97 Å². The van der Waals surface area contributed by atoms with Gasteiger partial charge in [-0.25, -0.2) is 4.79 Å². The summed E-state index contributed by atoms with van der Waals surface area (Å²) >= 11 is 7.25. The van der Waals surface area contributed by atoms with Gasteiger partial charge in [0.2, 0.25) is 0 Å². The molecule has 0 radical (unpaired) electrons. The summed E-state index contributed by atoms with van der Waals surface area (Å²) in [6.07, 6.45) is 5.78. The van der Waals surface area contributed by atoms with E-state index >= 15 is 0 Å². The number of thioether (sulfide) groups is 1. The molecule has 1 aromatic rings. The van der Waals surface area contributed by atoms with E-state index in [1.807, 2.05) is 0 Å². The predicted molar refractivity (Wildman–Crippen MR) is 62.6 cm³/mol. The minimum Gasteiger partial charge on any atom is -0.478 e. The van der Waals surface area contributed by atoms with Crippen molar-refractivity contribution >= 4 is 29.3 Å². The molecule has 0 aromatic heterocycles. The quantitative estimate of drug-likeness (QED) is 0.499. The molecule has 0 amide bonds. The molecule has 0 atom stereocenters. The zero-order valence-corrected chi connectivity index (χ0v) is 9.44. The third-order valence-electron chi connectivity index (χ3n) is 1.68. The Balaban J connectivity index is 2.79. The maximum atomic E-state index is 10.8. The normalized spacial score (nSPS) is 9.60. The molecule has 0 heterocycles. The number of aromatic carboxylic acids is 1. The first-order valence-electron chi connectivity index (χ1n) is 4.24. The van der Waals surface area contributed by atoms with Crippen LogP contribution in [0.2, 0.25) is 5.02 Å². The Bertz CT molecular complexity index is 410. The highest BCUT2D eigenvalue weighted by Gasteiger charge is 2.09. The van der Waals surface area contributed by atoms with Crippen LogP contribution in [0.4, 0.5) is 0 Å². The van der Waals surface area contributed by atoms with Crippen molar-refractivity contribution in [2.45, 2.75) is 11.3 Å². The van der Waals surface area contributed by atoms with Gasteiger partial charge >= 0.3 is 5.97 Å². The summed E-state index contributed by atoms with van der Waals surface area (Å²) in [5, 5.41) is 9.09. The van der Waals surface area contributed by atoms with Crippen LogP contribution in [-0.4, -0.2) is 16.8 Å². The van der Waals surface area contributed by atoms with Crippen molar-refractivity contribution in [3.63, 3.8) is 0 Å². The summed E-state index contributed by atoms with van der Waals surface area (Å²) in [5.41, 5.74) is 0.127. The molecule has 0 fully saturated rings. The summed E-state index contributed by atoms with van der Waals surface area (Å²) in [6, 6.07) is 4.94. The van der Waals surface area contributed by atoms with Gasteiger partial charge in [-0.15, -0.1) is 24.1 Å². The Kier molecular flexibility index (Phi) is 4.54. The van der Waals surface area contributed by atoms with Gasteiger partial charge in [0.05, 0.1) is 10.6 Å². The molecule has 1 rings (SSSR count). The zero-order valence-electron chi connectivity index (χ0n) is 7.87. The molecular weight excluding hydrogens is 232 g/mol. The number of halogens is 1. The molecule has 1 N–H and O–H groups in total. The third kappa shape index (κ3) is 3.50. The second-order valence-corrected chi connectivity index (χ2v) is 4.32. The van der Waals surface area contributed by atoms with Crippen molar-refractivity contribution < 1.29 is 9.90 Å². The summed E-state index contributed by atoms with van der Waals surface area (Å²) in [7, 11) is 0. The van der Waals surface area contributed by atoms with E-state index in [1.165, 1.54) is 11.8 Å². The van der Waals surface area contributed by atoms with Crippen LogP contribution in [0.5, 0.6) is 0 Å². The lowest BCUT2D eigenvalue weighted by Crippen LogP contribution is -1.97. The van der Waals surface area contributed by atoms with Gasteiger partial charge in [-0.05, 0) is 18.2 Å². The lowest BCUT2D eigenvalue weighted by molar-refractivity contribution is 0.0697. The fourth-order valence-electron chi connectivity index (χ4n) is 0.986. The van der Waals surface area contributed by atoms with Crippen LogP contribution < -0.4 is 0 Å². The Hall–Kier alpha value is -1.11. The molecule has 0 spiro atoms. The molecule has 0 saturated heterocycles.